The van der Waals surface area contributed by atoms with Crippen molar-refractivity contribution in [1.82, 2.24) is 19.5 Å². The summed E-state index contributed by atoms with van der Waals surface area (Å²) >= 11 is 0. The van der Waals surface area contributed by atoms with E-state index >= 15 is 0 Å². The Morgan fingerprint density at radius 2 is 1.72 bits per heavy atom. The molecule has 0 amide bonds. The monoisotopic (exact) mass is 387 g/mol. The van der Waals surface area contributed by atoms with Crippen LogP contribution in [0.15, 0.2) is 54.9 Å². The Hall–Kier alpha value is -3.45. The van der Waals surface area contributed by atoms with E-state index in [2.05, 4.69) is 28.9 Å². The Morgan fingerprint density at radius 3 is 2.48 bits per heavy atom. The number of imidazole rings is 1. The molecule has 1 fully saturated rings. The summed E-state index contributed by atoms with van der Waals surface area (Å²) in [5.41, 5.74) is 4.22. The first kappa shape index (κ1) is 17.6. The minimum Gasteiger partial charge on any atom is -0.507 e. The summed E-state index contributed by atoms with van der Waals surface area (Å²) in [5, 5.41) is 10.4. The number of para-hydroxylation sites is 1. The van der Waals surface area contributed by atoms with Crippen molar-refractivity contribution in [1.29, 1.82) is 0 Å². The van der Waals surface area contributed by atoms with Crippen molar-refractivity contribution in [2.45, 2.75) is 6.92 Å². The smallest absolute Gasteiger partial charge is 0.170 e. The summed E-state index contributed by atoms with van der Waals surface area (Å²) in [6.45, 7) is 4.84. The zero-order valence-electron chi connectivity index (χ0n) is 16.1. The van der Waals surface area contributed by atoms with Crippen molar-refractivity contribution in [2.24, 2.45) is 0 Å². The number of fused-ring (bicyclic) bond motifs is 1. The number of benzene rings is 2. The zero-order chi connectivity index (χ0) is 19.8. The van der Waals surface area contributed by atoms with Crippen LogP contribution >= 0.6 is 0 Å². The minimum atomic E-state index is 0.154. The van der Waals surface area contributed by atoms with Crippen molar-refractivity contribution >= 4 is 17.0 Å². The first-order valence-electron chi connectivity index (χ1n) is 9.64. The summed E-state index contributed by atoms with van der Waals surface area (Å²) in [6.07, 6.45) is 1.78. The fourth-order valence-corrected chi connectivity index (χ4v) is 3.56. The summed E-state index contributed by atoms with van der Waals surface area (Å²) in [6, 6.07) is 15.4. The lowest BCUT2D eigenvalue weighted by Crippen LogP contribution is -2.37. The average molecular weight is 387 g/mol. The first-order chi connectivity index (χ1) is 14.2. The molecule has 0 spiro atoms. The molecule has 0 atom stereocenters. The fourth-order valence-electron chi connectivity index (χ4n) is 3.56. The standard InChI is InChI=1S/C22H21N5O2/c1-15-6-8-16(9-7-15)27-14-23-19-21(26-10-12-29-13-11-26)24-20(25-22(19)27)17-4-2-3-5-18(17)28/h2-9,14,28H,10-13H2,1H3. The van der Waals surface area contributed by atoms with Crippen molar-refractivity contribution in [3.63, 3.8) is 0 Å². The van der Waals surface area contributed by atoms with Crippen LogP contribution in [-0.4, -0.2) is 50.9 Å². The van der Waals surface area contributed by atoms with E-state index in [4.69, 9.17) is 14.7 Å². The SMILES string of the molecule is Cc1ccc(-n2cnc3c(N4CCOCC4)nc(-c4ccccc4O)nc32)cc1. The highest BCUT2D eigenvalue weighted by molar-refractivity contribution is 5.87. The fraction of sp³-hybridized carbons (Fsp3) is 0.227. The molecule has 1 saturated heterocycles. The third-order valence-electron chi connectivity index (χ3n) is 5.15. The number of anilines is 1. The Morgan fingerprint density at radius 1 is 0.966 bits per heavy atom. The van der Waals surface area contributed by atoms with Crippen LogP contribution in [0.3, 0.4) is 0 Å². The Balaban J connectivity index is 1.74. The van der Waals surface area contributed by atoms with Gasteiger partial charge in [-0.25, -0.2) is 15.0 Å². The highest BCUT2D eigenvalue weighted by Crippen LogP contribution is 2.32. The molecule has 0 saturated carbocycles. The van der Waals surface area contributed by atoms with Gasteiger partial charge in [0, 0.05) is 18.8 Å². The number of ether oxygens (including phenoxy) is 1. The predicted octanol–water partition coefficient (Wildman–Crippen LogP) is 3.33. The lowest BCUT2D eigenvalue weighted by Gasteiger charge is -2.28. The van der Waals surface area contributed by atoms with E-state index in [9.17, 15) is 5.11 Å². The third kappa shape index (κ3) is 3.19. The highest BCUT2D eigenvalue weighted by atomic mass is 16.5. The molecule has 1 N–H and O–H groups in total. The van der Waals surface area contributed by atoms with Crippen LogP contribution in [-0.2, 0) is 4.74 Å². The molecule has 0 unspecified atom stereocenters. The molecule has 7 nitrogen and oxygen atoms in total. The van der Waals surface area contributed by atoms with Crippen LogP contribution in [0.25, 0.3) is 28.2 Å². The van der Waals surface area contributed by atoms with E-state index < -0.39 is 0 Å². The number of aromatic nitrogens is 4. The second kappa shape index (κ2) is 7.18. The van der Waals surface area contributed by atoms with Gasteiger partial charge in [-0.15, -0.1) is 0 Å². The van der Waals surface area contributed by atoms with Gasteiger partial charge in [-0.3, -0.25) is 4.57 Å². The van der Waals surface area contributed by atoms with Crippen LogP contribution < -0.4 is 4.90 Å². The number of aryl methyl sites for hydroxylation is 1. The maximum absolute atomic E-state index is 10.4. The van der Waals surface area contributed by atoms with Crippen LogP contribution in [0.5, 0.6) is 5.75 Å². The van der Waals surface area contributed by atoms with E-state index in [1.807, 2.05) is 28.8 Å². The van der Waals surface area contributed by atoms with Gasteiger partial charge < -0.3 is 14.7 Å². The van der Waals surface area contributed by atoms with Gasteiger partial charge in [0.25, 0.3) is 0 Å². The van der Waals surface area contributed by atoms with Crippen molar-refractivity contribution in [3.05, 3.63) is 60.4 Å². The lowest BCUT2D eigenvalue weighted by molar-refractivity contribution is 0.122. The second-order valence-electron chi connectivity index (χ2n) is 7.11. The van der Waals surface area contributed by atoms with Crippen LogP contribution in [0.4, 0.5) is 5.82 Å². The first-order valence-corrected chi connectivity index (χ1v) is 9.64. The molecule has 0 aliphatic carbocycles. The molecule has 5 rings (SSSR count). The minimum absolute atomic E-state index is 0.154. The van der Waals surface area contributed by atoms with Gasteiger partial charge in [-0.1, -0.05) is 29.8 Å². The summed E-state index contributed by atoms with van der Waals surface area (Å²) in [5.74, 6) is 1.40. The van der Waals surface area contributed by atoms with Crippen molar-refractivity contribution in [2.75, 3.05) is 31.2 Å². The largest absolute Gasteiger partial charge is 0.507 e. The lowest BCUT2D eigenvalue weighted by atomic mass is 10.2. The Kier molecular flexibility index (Phi) is 4.37. The predicted molar refractivity (Wildman–Crippen MR) is 112 cm³/mol. The molecule has 0 bridgehead atoms. The normalized spacial score (nSPS) is 14.4. The van der Waals surface area contributed by atoms with Gasteiger partial charge in [0.1, 0.15) is 12.1 Å². The van der Waals surface area contributed by atoms with Crippen LogP contribution in [0.2, 0.25) is 0 Å². The van der Waals surface area contributed by atoms with Crippen molar-refractivity contribution in [3.8, 4) is 22.8 Å². The van der Waals surface area contributed by atoms with E-state index in [-0.39, 0.29) is 5.75 Å². The molecule has 2 aromatic carbocycles. The number of aromatic hydroxyl groups is 1. The van der Waals surface area contributed by atoms with Crippen molar-refractivity contribution < 1.29 is 9.84 Å². The maximum Gasteiger partial charge on any atom is 0.170 e. The quantitative estimate of drug-likeness (QED) is 0.581. The molecule has 29 heavy (non-hydrogen) atoms. The van der Waals surface area contributed by atoms with Gasteiger partial charge in [-0.05, 0) is 31.2 Å². The molecule has 2 aromatic heterocycles. The third-order valence-corrected chi connectivity index (χ3v) is 5.15. The zero-order valence-corrected chi connectivity index (χ0v) is 16.1. The highest BCUT2D eigenvalue weighted by Gasteiger charge is 2.22. The number of morpholine rings is 1. The number of hydrogen-bond donors (Lipinski definition) is 1. The van der Waals surface area contributed by atoms with E-state index in [1.54, 1.807) is 18.5 Å². The van der Waals surface area contributed by atoms with Gasteiger partial charge in [-0.2, -0.15) is 0 Å². The number of phenolic OH excluding ortho intramolecular Hbond substituents is 1. The van der Waals surface area contributed by atoms with E-state index in [1.165, 1.54) is 5.56 Å². The Labute approximate surface area is 168 Å². The molecule has 1 aliphatic heterocycles. The molecular weight excluding hydrogens is 366 g/mol. The Bertz CT molecular complexity index is 1160. The molecule has 146 valence electrons. The maximum atomic E-state index is 10.4. The summed E-state index contributed by atoms with van der Waals surface area (Å²) < 4.78 is 7.46. The van der Waals surface area contributed by atoms with Gasteiger partial charge in [0.05, 0.1) is 18.8 Å². The number of phenols is 1. The van der Waals surface area contributed by atoms with Gasteiger partial charge in [0.15, 0.2) is 22.8 Å². The molecular formula is C22H21N5O2. The van der Waals surface area contributed by atoms with E-state index in [0.717, 1.165) is 30.1 Å². The number of hydrogen-bond acceptors (Lipinski definition) is 6. The van der Waals surface area contributed by atoms with Gasteiger partial charge in [0.2, 0.25) is 0 Å². The molecule has 3 heterocycles. The summed E-state index contributed by atoms with van der Waals surface area (Å²) in [7, 11) is 0. The molecule has 4 aromatic rings. The number of nitrogens with zero attached hydrogens (tertiary/aromatic N) is 5. The second-order valence-corrected chi connectivity index (χ2v) is 7.11. The number of rotatable bonds is 3. The molecule has 1 aliphatic rings. The van der Waals surface area contributed by atoms with Crippen LogP contribution in [0.1, 0.15) is 5.56 Å². The molecule has 7 heteroatoms. The molecule has 0 radical (unpaired) electrons. The van der Waals surface area contributed by atoms with Crippen LogP contribution in [0, 0.1) is 6.92 Å². The summed E-state index contributed by atoms with van der Waals surface area (Å²) in [4.78, 5) is 16.4. The van der Waals surface area contributed by atoms with E-state index in [0.29, 0.717) is 30.2 Å². The topological polar surface area (TPSA) is 76.3 Å². The van der Waals surface area contributed by atoms with Gasteiger partial charge >= 0.3 is 0 Å². The average Bonchev–Trinajstić information content (AvgIpc) is 3.18.